The van der Waals surface area contributed by atoms with Crippen LogP contribution in [-0.4, -0.2) is 60.0 Å². The summed E-state index contributed by atoms with van der Waals surface area (Å²) in [5, 5.41) is 3.33. The van der Waals surface area contributed by atoms with Crippen molar-refractivity contribution < 1.29 is 8.85 Å². The van der Waals surface area contributed by atoms with Gasteiger partial charge in [0.05, 0.1) is 0 Å². The summed E-state index contributed by atoms with van der Waals surface area (Å²) in [6.45, 7) is 6.48. The van der Waals surface area contributed by atoms with E-state index in [9.17, 15) is 0 Å². The third kappa shape index (κ3) is 3.36. The molecule has 0 saturated carbocycles. The second kappa shape index (κ2) is 5.07. The lowest BCUT2D eigenvalue weighted by molar-refractivity contribution is 0.197. The highest BCUT2D eigenvalue weighted by Crippen LogP contribution is 2.07. The van der Waals surface area contributed by atoms with Crippen molar-refractivity contribution in [3.05, 3.63) is 0 Å². The molecule has 78 valence electrons. The molecule has 1 heterocycles. The molecule has 1 aliphatic rings. The van der Waals surface area contributed by atoms with Crippen molar-refractivity contribution in [1.29, 1.82) is 0 Å². The molecule has 1 fully saturated rings. The van der Waals surface area contributed by atoms with Gasteiger partial charge in [0.2, 0.25) is 0 Å². The maximum absolute atomic E-state index is 5.44. The first kappa shape index (κ1) is 11.1. The maximum Gasteiger partial charge on any atom is 0.348 e. The summed E-state index contributed by atoms with van der Waals surface area (Å²) in [4.78, 5) is 2.41. The average molecular weight is 204 g/mol. The lowest BCUT2D eigenvalue weighted by atomic mass is 10.4. The van der Waals surface area contributed by atoms with E-state index in [0.29, 0.717) is 0 Å². The smallest absolute Gasteiger partial charge is 0.348 e. The molecule has 0 aromatic heterocycles. The summed E-state index contributed by atoms with van der Waals surface area (Å²) < 4.78 is 10.9. The largest absolute Gasteiger partial charge is 0.397 e. The summed E-state index contributed by atoms with van der Waals surface area (Å²) >= 11 is 0. The molecule has 1 N–H and O–H groups in total. The van der Waals surface area contributed by atoms with Crippen molar-refractivity contribution in [2.75, 3.05) is 46.6 Å². The monoisotopic (exact) mass is 204 g/mol. The Kier molecular flexibility index (Phi) is 4.34. The number of nitrogens with zero attached hydrogens (tertiary/aromatic N) is 1. The lowest BCUT2D eigenvalue weighted by Crippen LogP contribution is -2.54. The standard InChI is InChI=1S/C8H20N2O2Si/c1-11-13(3,12-2)8-10-6-4-9-5-7-10/h9H,4-8H2,1-3H3. The van der Waals surface area contributed by atoms with Gasteiger partial charge in [0, 0.05) is 46.6 Å². The van der Waals surface area contributed by atoms with Crippen LogP contribution in [-0.2, 0) is 8.85 Å². The fourth-order valence-electron chi connectivity index (χ4n) is 1.49. The lowest BCUT2D eigenvalue weighted by Gasteiger charge is -2.33. The summed E-state index contributed by atoms with van der Waals surface area (Å²) in [7, 11) is 1.61. The summed E-state index contributed by atoms with van der Waals surface area (Å²) in [6.07, 6.45) is 0.974. The van der Waals surface area contributed by atoms with Crippen LogP contribution in [0.4, 0.5) is 0 Å². The van der Waals surface area contributed by atoms with E-state index in [4.69, 9.17) is 8.85 Å². The normalized spacial score (nSPS) is 20.5. The highest BCUT2D eigenvalue weighted by Gasteiger charge is 2.31. The molecule has 1 rings (SSSR count). The molecule has 0 unspecified atom stereocenters. The van der Waals surface area contributed by atoms with Crippen LogP contribution in [0.15, 0.2) is 0 Å². The van der Waals surface area contributed by atoms with E-state index in [-0.39, 0.29) is 0 Å². The van der Waals surface area contributed by atoms with E-state index < -0.39 is 8.56 Å². The van der Waals surface area contributed by atoms with Gasteiger partial charge >= 0.3 is 8.56 Å². The van der Waals surface area contributed by atoms with E-state index >= 15 is 0 Å². The predicted octanol–water partition coefficient (Wildman–Crippen LogP) is -0.204. The zero-order valence-electron chi connectivity index (χ0n) is 8.80. The quantitative estimate of drug-likeness (QED) is 0.643. The van der Waals surface area contributed by atoms with E-state index in [2.05, 4.69) is 16.8 Å². The van der Waals surface area contributed by atoms with Crippen LogP contribution in [0.2, 0.25) is 6.55 Å². The number of hydrogen-bond acceptors (Lipinski definition) is 4. The third-order valence-corrected chi connectivity index (χ3v) is 5.33. The molecular weight excluding hydrogens is 184 g/mol. The average Bonchev–Trinajstić information content (AvgIpc) is 2.19. The maximum atomic E-state index is 5.44. The van der Waals surface area contributed by atoms with Crippen LogP contribution in [0.3, 0.4) is 0 Å². The van der Waals surface area contributed by atoms with Crippen LogP contribution in [0.5, 0.6) is 0 Å². The Hall–Kier alpha value is 0.0569. The van der Waals surface area contributed by atoms with Crippen LogP contribution >= 0.6 is 0 Å². The minimum atomic E-state index is -1.89. The molecule has 13 heavy (non-hydrogen) atoms. The second-order valence-corrected chi connectivity index (χ2v) is 6.97. The molecule has 0 aromatic rings. The summed E-state index contributed by atoms with van der Waals surface area (Å²) in [5.41, 5.74) is 0. The van der Waals surface area contributed by atoms with Crippen LogP contribution in [0, 0.1) is 0 Å². The predicted molar refractivity (Wildman–Crippen MR) is 54.9 cm³/mol. The van der Waals surface area contributed by atoms with Crippen molar-refractivity contribution in [2.45, 2.75) is 6.55 Å². The topological polar surface area (TPSA) is 33.7 Å². The highest BCUT2D eigenvalue weighted by molar-refractivity contribution is 6.66. The van der Waals surface area contributed by atoms with Gasteiger partial charge in [0.25, 0.3) is 0 Å². The Balaban J connectivity index is 2.35. The Labute approximate surface area is 81.5 Å². The van der Waals surface area contributed by atoms with Crippen molar-refractivity contribution in [3.63, 3.8) is 0 Å². The Bertz CT molecular complexity index is 147. The first-order chi connectivity index (χ1) is 6.20. The number of nitrogens with one attached hydrogen (secondary N) is 1. The molecule has 5 heteroatoms. The van der Waals surface area contributed by atoms with Gasteiger partial charge in [-0.15, -0.1) is 0 Å². The minimum absolute atomic E-state index is 0.974. The Morgan fingerprint density at radius 3 is 2.23 bits per heavy atom. The van der Waals surface area contributed by atoms with Gasteiger partial charge in [-0.3, -0.25) is 4.90 Å². The molecule has 0 bridgehead atoms. The van der Waals surface area contributed by atoms with Crippen molar-refractivity contribution in [1.82, 2.24) is 10.2 Å². The summed E-state index contributed by atoms with van der Waals surface area (Å²) in [6, 6.07) is 0. The van der Waals surface area contributed by atoms with Crippen molar-refractivity contribution in [3.8, 4) is 0 Å². The first-order valence-electron chi connectivity index (χ1n) is 4.73. The molecule has 1 aliphatic heterocycles. The highest BCUT2D eigenvalue weighted by atomic mass is 28.4. The van der Waals surface area contributed by atoms with E-state index in [1.54, 1.807) is 14.2 Å². The van der Waals surface area contributed by atoms with Crippen molar-refractivity contribution >= 4 is 8.56 Å². The molecular formula is C8H20N2O2Si. The van der Waals surface area contributed by atoms with Crippen molar-refractivity contribution in [2.24, 2.45) is 0 Å². The molecule has 0 spiro atoms. The van der Waals surface area contributed by atoms with E-state index in [1.807, 2.05) is 0 Å². The molecule has 0 aromatic carbocycles. The van der Waals surface area contributed by atoms with Gasteiger partial charge in [-0.2, -0.15) is 0 Å². The van der Waals surface area contributed by atoms with Crippen LogP contribution in [0.25, 0.3) is 0 Å². The first-order valence-corrected chi connectivity index (χ1v) is 7.26. The van der Waals surface area contributed by atoms with E-state index in [1.165, 1.54) is 0 Å². The fourth-order valence-corrected chi connectivity index (χ4v) is 3.04. The van der Waals surface area contributed by atoms with Gasteiger partial charge in [0.15, 0.2) is 0 Å². The number of hydrogen-bond donors (Lipinski definition) is 1. The van der Waals surface area contributed by atoms with Crippen LogP contribution < -0.4 is 5.32 Å². The van der Waals surface area contributed by atoms with Gasteiger partial charge in [-0.25, -0.2) is 0 Å². The molecule has 0 atom stereocenters. The minimum Gasteiger partial charge on any atom is -0.397 e. The number of piperazine rings is 1. The molecule has 0 radical (unpaired) electrons. The van der Waals surface area contributed by atoms with Gasteiger partial charge in [0.1, 0.15) is 0 Å². The van der Waals surface area contributed by atoms with Gasteiger partial charge in [-0.1, -0.05) is 0 Å². The zero-order valence-corrected chi connectivity index (χ0v) is 9.80. The number of rotatable bonds is 4. The SMILES string of the molecule is CO[Si](C)(CN1CCNCC1)OC. The zero-order chi connectivity index (χ0) is 9.73. The van der Waals surface area contributed by atoms with Gasteiger partial charge < -0.3 is 14.2 Å². The van der Waals surface area contributed by atoms with Gasteiger partial charge in [-0.05, 0) is 6.55 Å². The van der Waals surface area contributed by atoms with Crippen LogP contribution in [0.1, 0.15) is 0 Å². The Morgan fingerprint density at radius 2 is 1.77 bits per heavy atom. The molecule has 1 saturated heterocycles. The summed E-state index contributed by atoms with van der Waals surface area (Å²) in [5.74, 6) is 0. The molecule has 0 amide bonds. The van der Waals surface area contributed by atoms with E-state index in [0.717, 1.165) is 32.3 Å². The molecule has 0 aliphatic carbocycles. The second-order valence-electron chi connectivity index (χ2n) is 3.57. The molecule has 4 nitrogen and oxygen atoms in total. The Morgan fingerprint density at radius 1 is 1.23 bits per heavy atom. The fraction of sp³-hybridized carbons (Fsp3) is 1.00. The third-order valence-electron chi connectivity index (χ3n) is 2.58.